The van der Waals surface area contributed by atoms with E-state index in [2.05, 4.69) is 17.9 Å². The summed E-state index contributed by atoms with van der Waals surface area (Å²) in [5, 5.41) is 0. The van der Waals surface area contributed by atoms with Crippen molar-refractivity contribution in [3.8, 4) is 0 Å². The zero-order valence-electron chi connectivity index (χ0n) is 8.71. The van der Waals surface area contributed by atoms with Crippen molar-refractivity contribution in [2.24, 2.45) is 11.7 Å². The molecular formula is C11H22N2. The normalized spacial score (nSPS) is 26.5. The minimum Gasteiger partial charge on any atom is -0.327 e. The highest BCUT2D eigenvalue weighted by Gasteiger charge is 2.11. The molecule has 2 nitrogen and oxygen atoms in total. The number of hydrogen-bond acceptors (Lipinski definition) is 2. The summed E-state index contributed by atoms with van der Waals surface area (Å²) in [4.78, 5) is 2.52. The summed E-state index contributed by atoms with van der Waals surface area (Å²) in [7, 11) is 0. The minimum absolute atomic E-state index is 0.671. The third-order valence-corrected chi connectivity index (χ3v) is 2.78. The van der Waals surface area contributed by atoms with Gasteiger partial charge >= 0.3 is 0 Å². The smallest absolute Gasteiger partial charge is 0.0163 e. The maximum absolute atomic E-state index is 5.39. The molecule has 0 aromatic carbocycles. The summed E-state index contributed by atoms with van der Waals surface area (Å²) in [5.41, 5.74) is 5.39. The maximum atomic E-state index is 5.39. The van der Waals surface area contributed by atoms with Gasteiger partial charge in [-0.05, 0) is 38.3 Å². The number of rotatable bonds is 3. The predicted octanol–water partition coefficient (Wildman–Crippen LogP) is 1.62. The fourth-order valence-corrected chi connectivity index (χ4v) is 1.82. The number of likely N-dealkylation sites (tertiary alicyclic amines) is 1. The molecule has 0 saturated carbocycles. The van der Waals surface area contributed by atoms with Crippen LogP contribution < -0.4 is 5.73 Å². The second-order valence-electron chi connectivity index (χ2n) is 4.04. The van der Waals surface area contributed by atoms with Crippen LogP contribution in [0.1, 0.15) is 26.2 Å². The number of nitrogens with zero attached hydrogens (tertiary/aromatic N) is 1. The van der Waals surface area contributed by atoms with Gasteiger partial charge in [-0.2, -0.15) is 0 Å². The summed E-state index contributed by atoms with van der Waals surface area (Å²) < 4.78 is 0. The van der Waals surface area contributed by atoms with Gasteiger partial charge in [-0.1, -0.05) is 19.1 Å². The van der Waals surface area contributed by atoms with Crippen molar-refractivity contribution in [3.63, 3.8) is 0 Å². The van der Waals surface area contributed by atoms with Gasteiger partial charge in [0.15, 0.2) is 0 Å². The Morgan fingerprint density at radius 2 is 2.15 bits per heavy atom. The second-order valence-corrected chi connectivity index (χ2v) is 4.04. The van der Waals surface area contributed by atoms with Crippen LogP contribution in [0.5, 0.6) is 0 Å². The van der Waals surface area contributed by atoms with E-state index in [9.17, 15) is 0 Å². The molecule has 2 heteroatoms. The first-order chi connectivity index (χ1) is 6.33. The van der Waals surface area contributed by atoms with Crippen molar-refractivity contribution in [2.45, 2.75) is 26.2 Å². The Balaban J connectivity index is 2.21. The molecule has 2 N–H and O–H groups in total. The Morgan fingerprint density at radius 3 is 2.92 bits per heavy atom. The lowest BCUT2D eigenvalue weighted by atomic mass is 10.0. The van der Waals surface area contributed by atoms with E-state index in [1.54, 1.807) is 0 Å². The van der Waals surface area contributed by atoms with Gasteiger partial charge < -0.3 is 5.73 Å². The van der Waals surface area contributed by atoms with Gasteiger partial charge in [0.1, 0.15) is 0 Å². The Hall–Kier alpha value is -0.340. The third-order valence-electron chi connectivity index (χ3n) is 2.78. The van der Waals surface area contributed by atoms with Crippen molar-refractivity contribution in [2.75, 3.05) is 26.2 Å². The van der Waals surface area contributed by atoms with Crippen LogP contribution in [-0.4, -0.2) is 31.1 Å². The Morgan fingerprint density at radius 1 is 1.31 bits per heavy atom. The first kappa shape index (κ1) is 10.7. The summed E-state index contributed by atoms with van der Waals surface area (Å²) in [5.74, 6) is 0.920. The standard InChI is InChI=1S/C11H22N2/c1-11-5-4-9-13(10-6-11)8-3-2-7-12/h2-3,11H,4-10,12H2,1H3. The van der Waals surface area contributed by atoms with Crippen LogP contribution in [-0.2, 0) is 0 Å². The molecule has 1 atom stereocenters. The molecule has 76 valence electrons. The predicted molar refractivity (Wildman–Crippen MR) is 57.6 cm³/mol. The van der Waals surface area contributed by atoms with Gasteiger partial charge in [0.05, 0.1) is 0 Å². The van der Waals surface area contributed by atoms with Gasteiger partial charge in [-0.3, -0.25) is 4.90 Å². The van der Waals surface area contributed by atoms with Gasteiger partial charge in [0.25, 0.3) is 0 Å². The molecule has 13 heavy (non-hydrogen) atoms. The molecule has 0 bridgehead atoms. The molecule has 1 saturated heterocycles. The van der Waals surface area contributed by atoms with E-state index < -0.39 is 0 Å². The quantitative estimate of drug-likeness (QED) is 0.672. The summed E-state index contributed by atoms with van der Waals surface area (Å²) in [6.07, 6.45) is 8.36. The summed E-state index contributed by atoms with van der Waals surface area (Å²) in [6.45, 7) is 6.64. The number of hydrogen-bond donors (Lipinski definition) is 1. The fraction of sp³-hybridized carbons (Fsp3) is 0.818. The molecule has 0 aromatic rings. The Bertz CT molecular complexity index is 154. The molecule has 0 radical (unpaired) electrons. The maximum Gasteiger partial charge on any atom is 0.0163 e. The van der Waals surface area contributed by atoms with Gasteiger partial charge in [0, 0.05) is 13.1 Å². The zero-order valence-corrected chi connectivity index (χ0v) is 8.71. The first-order valence-corrected chi connectivity index (χ1v) is 5.40. The highest BCUT2D eigenvalue weighted by molar-refractivity contribution is 4.86. The monoisotopic (exact) mass is 182 g/mol. The van der Waals surface area contributed by atoms with Crippen LogP contribution in [0.25, 0.3) is 0 Å². The summed E-state index contributed by atoms with van der Waals surface area (Å²) >= 11 is 0. The van der Waals surface area contributed by atoms with Gasteiger partial charge in [-0.25, -0.2) is 0 Å². The molecule has 1 aliphatic heterocycles. The molecular weight excluding hydrogens is 160 g/mol. The largest absolute Gasteiger partial charge is 0.327 e. The van der Waals surface area contributed by atoms with E-state index in [4.69, 9.17) is 5.73 Å². The number of nitrogens with two attached hydrogens (primary N) is 1. The van der Waals surface area contributed by atoms with Crippen LogP contribution in [0, 0.1) is 5.92 Å². The molecule has 0 aromatic heterocycles. The van der Waals surface area contributed by atoms with Crippen molar-refractivity contribution >= 4 is 0 Å². The van der Waals surface area contributed by atoms with Gasteiger partial charge in [0.2, 0.25) is 0 Å². The van der Waals surface area contributed by atoms with Crippen molar-refractivity contribution in [1.29, 1.82) is 0 Å². The SMILES string of the molecule is CC1CCCN(CC=CCN)CC1. The average molecular weight is 182 g/mol. The first-order valence-electron chi connectivity index (χ1n) is 5.40. The fourth-order valence-electron chi connectivity index (χ4n) is 1.82. The van der Waals surface area contributed by atoms with Crippen LogP contribution in [0.4, 0.5) is 0 Å². The van der Waals surface area contributed by atoms with E-state index in [0.29, 0.717) is 6.54 Å². The molecule has 1 rings (SSSR count). The lowest BCUT2D eigenvalue weighted by Gasteiger charge is -2.17. The van der Waals surface area contributed by atoms with E-state index in [0.717, 1.165) is 12.5 Å². The molecule has 1 fully saturated rings. The summed E-state index contributed by atoms with van der Waals surface area (Å²) in [6, 6.07) is 0. The molecule has 0 aliphatic carbocycles. The topological polar surface area (TPSA) is 29.3 Å². The van der Waals surface area contributed by atoms with Crippen molar-refractivity contribution < 1.29 is 0 Å². The highest BCUT2D eigenvalue weighted by atomic mass is 15.1. The lowest BCUT2D eigenvalue weighted by molar-refractivity contribution is 0.311. The zero-order chi connectivity index (χ0) is 9.52. The lowest BCUT2D eigenvalue weighted by Crippen LogP contribution is -2.24. The molecule has 1 aliphatic rings. The Labute approximate surface area is 81.8 Å². The Kier molecular flexibility index (Phi) is 5.09. The van der Waals surface area contributed by atoms with E-state index >= 15 is 0 Å². The molecule has 0 amide bonds. The van der Waals surface area contributed by atoms with E-state index in [1.807, 2.05) is 6.08 Å². The van der Waals surface area contributed by atoms with Gasteiger partial charge in [-0.15, -0.1) is 0 Å². The van der Waals surface area contributed by atoms with Crippen molar-refractivity contribution in [3.05, 3.63) is 12.2 Å². The highest BCUT2D eigenvalue weighted by Crippen LogP contribution is 2.15. The average Bonchev–Trinajstić information content (AvgIpc) is 2.32. The van der Waals surface area contributed by atoms with E-state index in [1.165, 1.54) is 32.4 Å². The molecule has 0 spiro atoms. The minimum atomic E-state index is 0.671. The molecule has 1 heterocycles. The second kappa shape index (κ2) is 6.17. The molecule has 1 unspecified atom stereocenters. The van der Waals surface area contributed by atoms with Crippen molar-refractivity contribution in [1.82, 2.24) is 4.90 Å². The van der Waals surface area contributed by atoms with E-state index in [-0.39, 0.29) is 0 Å². The van der Waals surface area contributed by atoms with Crippen LogP contribution in [0.2, 0.25) is 0 Å². The van der Waals surface area contributed by atoms with Crippen LogP contribution in [0.15, 0.2) is 12.2 Å². The van der Waals surface area contributed by atoms with Crippen LogP contribution in [0.3, 0.4) is 0 Å². The third kappa shape index (κ3) is 4.44. The van der Waals surface area contributed by atoms with Crippen LogP contribution >= 0.6 is 0 Å².